The molecule has 3 amide bonds. The van der Waals surface area contributed by atoms with E-state index in [1.807, 2.05) is 19.9 Å². The van der Waals surface area contributed by atoms with Gasteiger partial charge in [0, 0.05) is 24.8 Å². The highest BCUT2D eigenvalue weighted by molar-refractivity contribution is 5.97. The molecule has 2 aliphatic rings. The molecule has 0 bridgehead atoms. The van der Waals surface area contributed by atoms with Crippen LogP contribution in [0.3, 0.4) is 0 Å². The van der Waals surface area contributed by atoms with E-state index in [4.69, 9.17) is 4.74 Å². The Morgan fingerprint density at radius 2 is 1.78 bits per heavy atom. The Bertz CT molecular complexity index is 773. The molecule has 1 aromatic carbocycles. The minimum Gasteiger partial charge on any atom is -0.376 e. The van der Waals surface area contributed by atoms with Crippen LogP contribution in [0, 0.1) is 0 Å². The molecule has 0 aromatic heterocycles. The summed E-state index contributed by atoms with van der Waals surface area (Å²) in [5, 5.41) is 5.92. The van der Waals surface area contributed by atoms with E-state index < -0.39 is 5.54 Å². The van der Waals surface area contributed by atoms with Gasteiger partial charge >= 0.3 is 0 Å². The molecule has 1 saturated carbocycles. The number of ether oxygens (including phenoxy) is 1. The van der Waals surface area contributed by atoms with Crippen molar-refractivity contribution in [1.82, 2.24) is 15.5 Å². The maximum Gasteiger partial charge on any atom is 0.251 e. The normalized spacial score (nSPS) is 20.9. The van der Waals surface area contributed by atoms with Gasteiger partial charge in [0.2, 0.25) is 11.8 Å². The van der Waals surface area contributed by atoms with Gasteiger partial charge in [0.15, 0.2) is 0 Å². The average molecular weight is 444 g/mol. The first-order valence-electron chi connectivity index (χ1n) is 12.0. The minimum absolute atomic E-state index is 0.0860. The van der Waals surface area contributed by atoms with Gasteiger partial charge in [0.1, 0.15) is 5.54 Å². The maximum absolute atomic E-state index is 13.4. The Kier molecular flexibility index (Phi) is 8.67. The zero-order chi connectivity index (χ0) is 23.0. The second kappa shape index (κ2) is 11.5. The summed E-state index contributed by atoms with van der Waals surface area (Å²) < 4.78 is 5.78. The monoisotopic (exact) mass is 443 g/mol. The standard InChI is InChI=1S/C25H37N3O4/c1-3-25(2,24(31)27-20-13-8-5-9-14-20)28(18-21-15-10-16-32-21)22(29)17-26-23(30)19-11-6-4-7-12-19/h4,6-7,11-12,20-21H,3,5,8-10,13-18H2,1-2H3,(H,26,30)(H,27,31)/t21-,25+/m0/s1. The van der Waals surface area contributed by atoms with E-state index in [-0.39, 0.29) is 36.4 Å². The van der Waals surface area contributed by atoms with E-state index in [2.05, 4.69) is 10.6 Å². The van der Waals surface area contributed by atoms with Gasteiger partial charge in [-0.15, -0.1) is 0 Å². The molecule has 2 fully saturated rings. The summed E-state index contributed by atoms with van der Waals surface area (Å²) >= 11 is 0. The molecule has 0 spiro atoms. The summed E-state index contributed by atoms with van der Waals surface area (Å²) in [6, 6.07) is 8.98. The molecule has 1 saturated heterocycles. The van der Waals surface area contributed by atoms with Crippen LogP contribution >= 0.6 is 0 Å². The lowest BCUT2D eigenvalue weighted by atomic mass is 9.91. The molecule has 2 atom stereocenters. The van der Waals surface area contributed by atoms with Crippen molar-refractivity contribution in [3.63, 3.8) is 0 Å². The Hall–Kier alpha value is -2.41. The third kappa shape index (κ3) is 6.09. The van der Waals surface area contributed by atoms with Crippen LogP contribution in [0.25, 0.3) is 0 Å². The number of rotatable bonds is 9. The van der Waals surface area contributed by atoms with E-state index >= 15 is 0 Å². The van der Waals surface area contributed by atoms with Crippen molar-refractivity contribution in [2.24, 2.45) is 0 Å². The summed E-state index contributed by atoms with van der Waals surface area (Å²) in [7, 11) is 0. The average Bonchev–Trinajstić information content (AvgIpc) is 3.35. The Morgan fingerprint density at radius 1 is 1.06 bits per heavy atom. The molecule has 7 nitrogen and oxygen atoms in total. The number of benzene rings is 1. The zero-order valence-electron chi connectivity index (χ0n) is 19.4. The van der Waals surface area contributed by atoms with Crippen molar-refractivity contribution < 1.29 is 19.1 Å². The maximum atomic E-state index is 13.4. The van der Waals surface area contributed by atoms with Crippen LogP contribution in [0.4, 0.5) is 0 Å². The minimum atomic E-state index is -1.00. The Balaban J connectivity index is 1.72. The van der Waals surface area contributed by atoms with Gasteiger partial charge in [-0.3, -0.25) is 14.4 Å². The SMILES string of the molecule is CC[C@](C)(C(=O)NC1CCCCC1)N(C[C@@H]1CCCO1)C(=O)CNC(=O)c1ccccc1. The Morgan fingerprint density at radius 3 is 2.41 bits per heavy atom. The van der Waals surface area contributed by atoms with Crippen molar-refractivity contribution in [2.45, 2.75) is 82.9 Å². The number of hydrogen-bond acceptors (Lipinski definition) is 4. The molecule has 7 heteroatoms. The highest BCUT2D eigenvalue weighted by atomic mass is 16.5. The number of carbonyl (C=O) groups is 3. The predicted octanol–water partition coefficient (Wildman–Crippen LogP) is 3.04. The summed E-state index contributed by atoms with van der Waals surface area (Å²) in [6.07, 6.45) is 7.64. The number of hydrogen-bond donors (Lipinski definition) is 2. The third-order valence-electron chi connectivity index (χ3n) is 6.86. The second-order valence-corrected chi connectivity index (χ2v) is 9.12. The smallest absolute Gasteiger partial charge is 0.251 e. The van der Waals surface area contributed by atoms with Crippen molar-refractivity contribution in [2.75, 3.05) is 19.7 Å². The van der Waals surface area contributed by atoms with Gasteiger partial charge in [0.05, 0.1) is 12.6 Å². The molecule has 1 aliphatic carbocycles. The molecular weight excluding hydrogens is 406 g/mol. The van der Waals surface area contributed by atoms with Crippen molar-refractivity contribution in [3.8, 4) is 0 Å². The van der Waals surface area contributed by atoms with E-state index in [0.717, 1.165) is 38.5 Å². The largest absolute Gasteiger partial charge is 0.376 e. The quantitative estimate of drug-likeness (QED) is 0.614. The van der Waals surface area contributed by atoms with Crippen molar-refractivity contribution in [3.05, 3.63) is 35.9 Å². The summed E-state index contributed by atoms with van der Waals surface area (Å²) in [6.45, 7) is 4.62. The molecule has 1 aliphatic heterocycles. The van der Waals surface area contributed by atoms with E-state index in [1.165, 1.54) is 6.42 Å². The summed E-state index contributed by atoms with van der Waals surface area (Å²) in [5.41, 5.74) is -0.503. The molecule has 176 valence electrons. The second-order valence-electron chi connectivity index (χ2n) is 9.12. The van der Waals surface area contributed by atoms with Gasteiger partial charge < -0.3 is 20.3 Å². The molecule has 2 N–H and O–H groups in total. The fourth-order valence-electron chi connectivity index (χ4n) is 4.58. The first-order valence-corrected chi connectivity index (χ1v) is 12.0. The van der Waals surface area contributed by atoms with Gasteiger partial charge in [-0.2, -0.15) is 0 Å². The first-order chi connectivity index (χ1) is 15.4. The highest BCUT2D eigenvalue weighted by Crippen LogP contribution is 2.25. The van der Waals surface area contributed by atoms with E-state index in [9.17, 15) is 14.4 Å². The van der Waals surface area contributed by atoms with Crippen LogP contribution in [0.15, 0.2) is 30.3 Å². The van der Waals surface area contributed by atoms with E-state index in [0.29, 0.717) is 25.1 Å². The number of nitrogens with zero attached hydrogens (tertiary/aromatic N) is 1. The molecular formula is C25H37N3O4. The van der Waals surface area contributed by atoms with Crippen LogP contribution < -0.4 is 10.6 Å². The Labute approximate surface area is 191 Å². The summed E-state index contributed by atoms with van der Waals surface area (Å²) in [5.74, 6) is -0.693. The third-order valence-corrected chi connectivity index (χ3v) is 6.86. The molecule has 0 radical (unpaired) electrons. The van der Waals surface area contributed by atoms with Crippen molar-refractivity contribution in [1.29, 1.82) is 0 Å². The lowest BCUT2D eigenvalue weighted by Crippen LogP contribution is -2.62. The van der Waals surface area contributed by atoms with Crippen LogP contribution in [0.1, 0.15) is 75.6 Å². The van der Waals surface area contributed by atoms with Gasteiger partial charge in [0.25, 0.3) is 5.91 Å². The lowest BCUT2D eigenvalue weighted by molar-refractivity contribution is -0.149. The van der Waals surface area contributed by atoms with Crippen LogP contribution in [-0.4, -0.2) is 60.0 Å². The fraction of sp³-hybridized carbons (Fsp3) is 0.640. The van der Waals surface area contributed by atoms with Crippen LogP contribution in [0.2, 0.25) is 0 Å². The predicted molar refractivity (Wildman–Crippen MR) is 123 cm³/mol. The highest BCUT2D eigenvalue weighted by Gasteiger charge is 2.42. The lowest BCUT2D eigenvalue weighted by Gasteiger charge is -2.41. The fourth-order valence-corrected chi connectivity index (χ4v) is 4.58. The molecule has 1 heterocycles. The van der Waals surface area contributed by atoms with Crippen LogP contribution in [0.5, 0.6) is 0 Å². The van der Waals surface area contributed by atoms with Gasteiger partial charge in [-0.05, 0) is 51.2 Å². The molecule has 1 aromatic rings. The zero-order valence-corrected chi connectivity index (χ0v) is 19.4. The number of nitrogens with one attached hydrogen (secondary N) is 2. The molecule has 0 unspecified atom stereocenters. The summed E-state index contributed by atoms with van der Waals surface area (Å²) in [4.78, 5) is 40.8. The number of amides is 3. The van der Waals surface area contributed by atoms with Gasteiger partial charge in [-0.25, -0.2) is 0 Å². The molecule has 32 heavy (non-hydrogen) atoms. The van der Waals surface area contributed by atoms with E-state index in [1.54, 1.807) is 29.2 Å². The number of carbonyl (C=O) groups excluding carboxylic acids is 3. The van der Waals surface area contributed by atoms with Gasteiger partial charge in [-0.1, -0.05) is 44.4 Å². The topological polar surface area (TPSA) is 87.7 Å². The van der Waals surface area contributed by atoms with Crippen molar-refractivity contribution >= 4 is 17.7 Å². The first kappa shape index (κ1) is 24.2. The molecule has 3 rings (SSSR count). The van der Waals surface area contributed by atoms with Crippen LogP contribution in [-0.2, 0) is 14.3 Å².